The Kier molecular flexibility index (Phi) is 8.46. The third kappa shape index (κ3) is 7.02. The second-order valence-electron chi connectivity index (χ2n) is 8.40. The number of piperidine rings is 1. The van der Waals surface area contributed by atoms with Crippen LogP contribution in [0.2, 0.25) is 0 Å². The molecule has 0 amide bonds. The molecule has 2 N–H and O–H groups in total. The van der Waals surface area contributed by atoms with Gasteiger partial charge in [-0.2, -0.15) is 0 Å². The molecule has 3 nitrogen and oxygen atoms in total. The van der Waals surface area contributed by atoms with Crippen LogP contribution in [0.1, 0.15) is 43.2 Å². The minimum absolute atomic E-state index is 0.0792. The van der Waals surface area contributed by atoms with Gasteiger partial charge in [0.1, 0.15) is 23.3 Å². The SMILES string of the molecule is OC[C@H](O)CN1[C@@H](CCc2cc(F)cc(F)c2)CCC[C@H]1CCc1cc(F)cc(F)c1. The molecule has 3 atom stereocenters. The molecule has 170 valence electrons. The van der Waals surface area contributed by atoms with Crippen molar-refractivity contribution in [3.8, 4) is 0 Å². The molecule has 0 spiro atoms. The van der Waals surface area contributed by atoms with Crippen LogP contribution in [0.3, 0.4) is 0 Å². The number of benzene rings is 2. The first-order chi connectivity index (χ1) is 14.8. The largest absolute Gasteiger partial charge is 0.394 e. The highest BCUT2D eigenvalue weighted by Crippen LogP contribution is 2.29. The van der Waals surface area contributed by atoms with E-state index in [1.807, 2.05) is 0 Å². The molecule has 31 heavy (non-hydrogen) atoms. The van der Waals surface area contributed by atoms with Gasteiger partial charge in [-0.3, -0.25) is 4.90 Å². The quantitative estimate of drug-likeness (QED) is 0.570. The highest BCUT2D eigenvalue weighted by Gasteiger charge is 2.31. The van der Waals surface area contributed by atoms with Gasteiger partial charge < -0.3 is 10.2 Å². The zero-order valence-electron chi connectivity index (χ0n) is 17.4. The third-order valence-electron chi connectivity index (χ3n) is 6.02. The summed E-state index contributed by atoms with van der Waals surface area (Å²) in [4.78, 5) is 2.15. The van der Waals surface area contributed by atoms with Crippen LogP contribution < -0.4 is 0 Å². The Balaban J connectivity index is 1.68. The van der Waals surface area contributed by atoms with Crippen molar-refractivity contribution < 1.29 is 27.8 Å². The number of rotatable bonds is 9. The molecule has 0 aliphatic carbocycles. The van der Waals surface area contributed by atoms with Crippen molar-refractivity contribution in [2.24, 2.45) is 0 Å². The topological polar surface area (TPSA) is 43.7 Å². The van der Waals surface area contributed by atoms with E-state index in [-0.39, 0.29) is 25.2 Å². The van der Waals surface area contributed by atoms with E-state index in [2.05, 4.69) is 4.90 Å². The van der Waals surface area contributed by atoms with E-state index in [1.165, 1.54) is 24.3 Å². The lowest BCUT2D eigenvalue weighted by Gasteiger charge is -2.43. The lowest BCUT2D eigenvalue weighted by atomic mass is 9.88. The van der Waals surface area contributed by atoms with Gasteiger partial charge in [0.2, 0.25) is 0 Å². The zero-order chi connectivity index (χ0) is 22.4. The summed E-state index contributed by atoms with van der Waals surface area (Å²) in [6.07, 6.45) is 4.11. The van der Waals surface area contributed by atoms with Crippen molar-refractivity contribution in [2.75, 3.05) is 13.2 Å². The zero-order valence-corrected chi connectivity index (χ0v) is 17.4. The van der Waals surface area contributed by atoms with Crippen molar-refractivity contribution in [3.63, 3.8) is 0 Å². The Morgan fingerprint density at radius 2 is 1.19 bits per heavy atom. The predicted octanol–water partition coefficient (Wildman–Crippen LogP) is 4.38. The van der Waals surface area contributed by atoms with Crippen LogP contribution in [0, 0.1) is 23.3 Å². The molecule has 0 radical (unpaired) electrons. The lowest BCUT2D eigenvalue weighted by molar-refractivity contribution is 0.00213. The second-order valence-corrected chi connectivity index (χ2v) is 8.40. The molecular weight excluding hydrogens is 410 g/mol. The summed E-state index contributed by atoms with van der Waals surface area (Å²) < 4.78 is 54.0. The van der Waals surface area contributed by atoms with Crippen LogP contribution in [-0.2, 0) is 12.8 Å². The minimum atomic E-state index is -0.902. The average Bonchev–Trinajstić information content (AvgIpc) is 2.70. The number of aryl methyl sites for hydroxylation is 2. The van der Waals surface area contributed by atoms with Crippen LogP contribution in [-0.4, -0.2) is 46.5 Å². The first-order valence-corrected chi connectivity index (χ1v) is 10.8. The highest BCUT2D eigenvalue weighted by molar-refractivity contribution is 5.19. The van der Waals surface area contributed by atoms with E-state index >= 15 is 0 Å². The van der Waals surface area contributed by atoms with Crippen LogP contribution >= 0.6 is 0 Å². The summed E-state index contributed by atoms with van der Waals surface area (Å²) in [7, 11) is 0. The number of aliphatic hydroxyl groups excluding tert-OH is 2. The first-order valence-electron chi connectivity index (χ1n) is 10.8. The van der Waals surface area contributed by atoms with E-state index in [4.69, 9.17) is 0 Å². The minimum Gasteiger partial charge on any atom is -0.394 e. The monoisotopic (exact) mass is 439 g/mol. The molecular formula is C24H29F4NO2. The van der Waals surface area contributed by atoms with Gasteiger partial charge in [0.05, 0.1) is 12.7 Å². The number of nitrogens with zero attached hydrogens (tertiary/aromatic N) is 1. The van der Waals surface area contributed by atoms with E-state index < -0.39 is 29.4 Å². The van der Waals surface area contributed by atoms with Crippen LogP contribution in [0.4, 0.5) is 17.6 Å². The van der Waals surface area contributed by atoms with Crippen LogP contribution in [0.5, 0.6) is 0 Å². The van der Waals surface area contributed by atoms with Gasteiger partial charge in [-0.05, 0) is 73.9 Å². The van der Waals surface area contributed by atoms with Crippen LogP contribution in [0.15, 0.2) is 36.4 Å². The second kappa shape index (κ2) is 11.1. The van der Waals surface area contributed by atoms with Gasteiger partial charge in [0.15, 0.2) is 0 Å². The maximum atomic E-state index is 13.5. The Morgan fingerprint density at radius 1 is 0.774 bits per heavy atom. The molecule has 2 aromatic rings. The molecule has 7 heteroatoms. The number of likely N-dealkylation sites (tertiary alicyclic amines) is 1. The standard InChI is InChI=1S/C24H29F4NO2/c25-18-8-16(9-19(26)12-18)4-6-22-2-1-3-23(29(22)14-24(31)15-30)7-5-17-10-20(27)13-21(28)11-17/h8-13,22-24,30-31H,1-7,14-15H2/t22-,23+,24-/m1/s1. The number of hydrogen-bond acceptors (Lipinski definition) is 3. The number of aliphatic hydroxyl groups is 2. The summed E-state index contributed by atoms with van der Waals surface area (Å²) in [5.41, 5.74) is 1.16. The Hall–Kier alpha value is -1.96. The smallest absolute Gasteiger partial charge is 0.126 e. The third-order valence-corrected chi connectivity index (χ3v) is 6.02. The fourth-order valence-corrected chi connectivity index (χ4v) is 4.62. The van der Waals surface area contributed by atoms with Gasteiger partial charge in [-0.1, -0.05) is 6.42 Å². The first kappa shape index (κ1) is 23.7. The predicted molar refractivity (Wildman–Crippen MR) is 111 cm³/mol. The van der Waals surface area contributed by atoms with Gasteiger partial charge in [0, 0.05) is 30.8 Å². The highest BCUT2D eigenvalue weighted by atomic mass is 19.1. The van der Waals surface area contributed by atoms with Crippen molar-refractivity contribution in [2.45, 2.75) is 63.1 Å². The molecule has 0 bridgehead atoms. The van der Waals surface area contributed by atoms with E-state index in [0.29, 0.717) is 36.8 Å². The molecule has 0 saturated carbocycles. The molecule has 0 unspecified atom stereocenters. The maximum Gasteiger partial charge on any atom is 0.126 e. The summed E-state index contributed by atoms with van der Waals surface area (Å²) in [6, 6.07) is 7.16. The fourth-order valence-electron chi connectivity index (χ4n) is 4.62. The molecule has 1 heterocycles. The average molecular weight is 439 g/mol. The summed E-state index contributed by atoms with van der Waals surface area (Å²) in [5.74, 6) is -2.42. The van der Waals surface area contributed by atoms with E-state index in [0.717, 1.165) is 31.4 Å². The summed E-state index contributed by atoms with van der Waals surface area (Å²) >= 11 is 0. The van der Waals surface area contributed by atoms with Gasteiger partial charge >= 0.3 is 0 Å². The van der Waals surface area contributed by atoms with Crippen molar-refractivity contribution in [1.29, 1.82) is 0 Å². The normalized spacial score (nSPS) is 20.7. The van der Waals surface area contributed by atoms with Crippen molar-refractivity contribution in [3.05, 3.63) is 70.8 Å². The van der Waals surface area contributed by atoms with E-state index in [9.17, 15) is 27.8 Å². The molecule has 1 saturated heterocycles. The maximum absolute atomic E-state index is 13.5. The fraction of sp³-hybridized carbons (Fsp3) is 0.500. The van der Waals surface area contributed by atoms with Crippen molar-refractivity contribution in [1.82, 2.24) is 4.90 Å². The molecule has 2 aromatic carbocycles. The molecule has 1 aliphatic heterocycles. The number of halogens is 4. The van der Waals surface area contributed by atoms with Gasteiger partial charge in [-0.25, -0.2) is 17.6 Å². The van der Waals surface area contributed by atoms with Gasteiger partial charge in [0.25, 0.3) is 0 Å². The van der Waals surface area contributed by atoms with E-state index in [1.54, 1.807) is 0 Å². The number of β-amino-alcohol motifs (C(OH)–C–C–N with tert-alkyl or cyclic N) is 1. The summed E-state index contributed by atoms with van der Waals surface area (Å²) in [6.45, 7) is -0.0823. The Bertz CT molecular complexity index is 759. The molecule has 1 fully saturated rings. The molecule has 1 aliphatic rings. The number of hydrogen-bond donors (Lipinski definition) is 2. The van der Waals surface area contributed by atoms with Crippen molar-refractivity contribution >= 4 is 0 Å². The summed E-state index contributed by atoms with van der Waals surface area (Å²) in [5, 5.41) is 19.4. The Morgan fingerprint density at radius 3 is 1.58 bits per heavy atom. The Labute approximate surface area is 180 Å². The lowest BCUT2D eigenvalue weighted by Crippen LogP contribution is -2.50. The van der Waals surface area contributed by atoms with Gasteiger partial charge in [-0.15, -0.1) is 0 Å². The molecule has 0 aromatic heterocycles. The molecule has 3 rings (SSSR count). The van der Waals surface area contributed by atoms with Crippen LogP contribution in [0.25, 0.3) is 0 Å².